The number of nitrogens with two attached hydrogens (primary N) is 1. The number of benzene rings is 1. The highest BCUT2D eigenvalue weighted by Gasteiger charge is 2.39. The molecule has 1 aromatic rings. The van der Waals surface area contributed by atoms with E-state index in [1.54, 1.807) is 0 Å². The van der Waals surface area contributed by atoms with Gasteiger partial charge in [-0.15, -0.1) is 0 Å². The number of halogens is 2. The number of ether oxygens (including phenoxy) is 2. The molecule has 0 amide bonds. The Morgan fingerprint density at radius 2 is 1.80 bits per heavy atom. The van der Waals surface area contributed by atoms with Crippen LogP contribution in [-0.4, -0.2) is 20.8 Å². The standard InChI is InChI=1S/C15H21F2NO2/c1-19-11-8-10(16)13(17)12(14(11)20-2)15(9-18)6-4-3-5-7-15/h8H,3-7,9,18H2,1-2H3. The molecule has 0 saturated heterocycles. The van der Waals surface area contributed by atoms with Crippen molar-refractivity contribution in [3.8, 4) is 11.5 Å². The molecule has 20 heavy (non-hydrogen) atoms. The molecule has 0 spiro atoms. The van der Waals surface area contributed by atoms with Crippen LogP contribution < -0.4 is 15.2 Å². The van der Waals surface area contributed by atoms with E-state index in [1.807, 2.05) is 0 Å². The molecule has 1 fully saturated rings. The number of rotatable bonds is 4. The van der Waals surface area contributed by atoms with Gasteiger partial charge in [0.05, 0.1) is 14.2 Å². The molecule has 0 atom stereocenters. The molecule has 1 saturated carbocycles. The lowest BCUT2D eigenvalue weighted by atomic mass is 9.69. The molecule has 0 radical (unpaired) electrons. The summed E-state index contributed by atoms with van der Waals surface area (Å²) < 4.78 is 38.7. The molecule has 0 bridgehead atoms. The molecule has 1 aliphatic rings. The Hall–Kier alpha value is -1.36. The summed E-state index contributed by atoms with van der Waals surface area (Å²) in [6, 6.07) is 1.02. The third kappa shape index (κ3) is 2.35. The average molecular weight is 285 g/mol. The Balaban J connectivity index is 2.66. The zero-order chi connectivity index (χ0) is 14.8. The van der Waals surface area contributed by atoms with Gasteiger partial charge in [-0.1, -0.05) is 19.3 Å². The summed E-state index contributed by atoms with van der Waals surface area (Å²) in [5.74, 6) is -1.32. The van der Waals surface area contributed by atoms with Crippen LogP contribution in [-0.2, 0) is 5.41 Å². The third-order valence-electron chi connectivity index (χ3n) is 4.29. The summed E-state index contributed by atoms with van der Waals surface area (Å²) in [6.45, 7) is 0.271. The lowest BCUT2D eigenvalue weighted by molar-refractivity contribution is 0.266. The van der Waals surface area contributed by atoms with Crippen molar-refractivity contribution in [2.75, 3.05) is 20.8 Å². The Kier molecular flexibility index (Phi) is 4.48. The molecule has 0 aromatic heterocycles. The molecule has 0 aliphatic heterocycles. The first-order valence-electron chi connectivity index (χ1n) is 6.90. The summed E-state index contributed by atoms with van der Waals surface area (Å²) in [5, 5.41) is 0. The van der Waals surface area contributed by atoms with E-state index in [0.717, 1.165) is 38.2 Å². The van der Waals surface area contributed by atoms with E-state index in [-0.39, 0.29) is 23.6 Å². The van der Waals surface area contributed by atoms with Gasteiger partial charge >= 0.3 is 0 Å². The molecule has 0 heterocycles. The highest BCUT2D eigenvalue weighted by molar-refractivity contribution is 5.52. The van der Waals surface area contributed by atoms with Crippen LogP contribution in [0.3, 0.4) is 0 Å². The lowest BCUT2D eigenvalue weighted by Crippen LogP contribution is -2.38. The SMILES string of the molecule is COc1cc(F)c(F)c(C2(CN)CCCCC2)c1OC. The summed E-state index contributed by atoms with van der Waals surface area (Å²) in [6.07, 6.45) is 4.49. The molecule has 3 nitrogen and oxygen atoms in total. The molecule has 0 unspecified atom stereocenters. The van der Waals surface area contributed by atoms with Crippen LogP contribution in [0.25, 0.3) is 0 Å². The van der Waals surface area contributed by atoms with Crippen molar-refractivity contribution >= 4 is 0 Å². The van der Waals surface area contributed by atoms with Crippen molar-refractivity contribution in [1.82, 2.24) is 0 Å². The monoisotopic (exact) mass is 285 g/mol. The minimum atomic E-state index is -0.920. The van der Waals surface area contributed by atoms with Gasteiger partial charge < -0.3 is 15.2 Å². The van der Waals surface area contributed by atoms with Crippen molar-refractivity contribution in [2.24, 2.45) is 5.73 Å². The molecule has 2 N–H and O–H groups in total. The predicted octanol–water partition coefficient (Wildman–Crippen LogP) is 3.14. The average Bonchev–Trinajstić information content (AvgIpc) is 2.49. The second-order valence-corrected chi connectivity index (χ2v) is 5.33. The summed E-state index contributed by atoms with van der Waals surface area (Å²) in [7, 11) is 2.85. The quantitative estimate of drug-likeness (QED) is 0.924. The Labute approximate surface area is 118 Å². The van der Waals surface area contributed by atoms with Gasteiger partial charge in [0.25, 0.3) is 0 Å². The van der Waals surface area contributed by atoms with Crippen LogP contribution in [0.5, 0.6) is 11.5 Å². The van der Waals surface area contributed by atoms with E-state index in [0.29, 0.717) is 0 Å². The molecule has 1 aromatic carbocycles. The van der Waals surface area contributed by atoms with E-state index in [1.165, 1.54) is 14.2 Å². The topological polar surface area (TPSA) is 44.5 Å². The van der Waals surface area contributed by atoms with Crippen molar-refractivity contribution in [3.05, 3.63) is 23.3 Å². The molecule has 1 aliphatic carbocycles. The maximum atomic E-state index is 14.4. The highest BCUT2D eigenvalue weighted by Crippen LogP contribution is 2.47. The van der Waals surface area contributed by atoms with Crippen LogP contribution in [0.2, 0.25) is 0 Å². The first kappa shape index (κ1) is 15.0. The lowest BCUT2D eigenvalue weighted by Gasteiger charge is -2.38. The minimum Gasteiger partial charge on any atom is -0.493 e. The third-order valence-corrected chi connectivity index (χ3v) is 4.29. The van der Waals surface area contributed by atoms with Gasteiger partial charge in [0.2, 0.25) is 0 Å². The first-order valence-corrected chi connectivity index (χ1v) is 6.90. The van der Waals surface area contributed by atoms with Gasteiger partial charge in [-0.05, 0) is 12.8 Å². The molecule has 2 rings (SSSR count). The zero-order valence-electron chi connectivity index (χ0n) is 12.0. The Morgan fingerprint density at radius 1 is 1.15 bits per heavy atom. The number of hydrogen-bond donors (Lipinski definition) is 1. The van der Waals surface area contributed by atoms with Gasteiger partial charge in [-0.2, -0.15) is 0 Å². The van der Waals surface area contributed by atoms with Crippen LogP contribution in [0.4, 0.5) is 8.78 Å². The van der Waals surface area contributed by atoms with E-state index in [9.17, 15) is 8.78 Å². The highest BCUT2D eigenvalue weighted by atomic mass is 19.2. The Morgan fingerprint density at radius 3 is 2.30 bits per heavy atom. The smallest absolute Gasteiger partial charge is 0.167 e. The maximum absolute atomic E-state index is 14.4. The van der Waals surface area contributed by atoms with Gasteiger partial charge in [0, 0.05) is 23.6 Å². The fourth-order valence-electron chi connectivity index (χ4n) is 3.20. The second kappa shape index (κ2) is 5.95. The first-order chi connectivity index (χ1) is 9.59. The summed E-state index contributed by atoms with van der Waals surface area (Å²) >= 11 is 0. The van der Waals surface area contributed by atoms with Crippen molar-refractivity contribution in [2.45, 2.75) is 37.5 Å². The number of methoxy groups -OCH3 is 2. The van der Waals surface area contributed by atoms with Gasteiger partial charge in [0.15, 0.2) is 23.1 Å². The van der Waals surface area contributed by atoms with Crippen LogP contribution >= 0.6 is 0 Å². The zero-order valence-corrected chi connectivity index (χ0v) is 12.0. The van der Waals surface area contributed by atoms with Gasteiger partial charge in [-0.25, -0.2) is 8.78 Å². The maximum Gasteiger partial charge on any atom is 0.167 e. The molecular weight excluding hydrogens is 264 g/mol. The molecular formula is C15H21F2NO2. The van der Waals surface area contributed by atoms with Crippen molar-refractivity contribution < 1.29 is 18.3 Å². The van der Waals surface area contributed by atoms with Gasteiger partial charge in [0.1, 0.15) is 0 Å². The Bertz CT molecular complexity index is 485. The fraction of sp³-hybridized carbons (Fsp3) is 0.600. The van der Waals surface area contributed by atoms with E-state index in [4.69, 9.17) is 15.2 Å². The van der Waals surface area contributed by atoms with E-state index >= 15 is 0 Å². The fourth-order valence-corrected chi connectivity index (χ4v) is 3.20. The van der Waals surface area contributed by atoms with Crippen LogP contribution in [0.1, 0.15) is 37.7 Å². The van der Waals surface area contributed by atoms with Crippen molar-refractivity contribution in [1.29, 1.82) is 0 Å². The van der Waals surface area contributed by atoms with Crippen LogP contribution in [0, 0.1) is 11.6 Å². The molecule has 112 valence electrons. The number of hydrogen-bond acceptors (Lipinski definition) is 3. The predicted molar refractivity (Wildman–Crippen MR) is 73.3 cm³/mol. The second-order valence-electron chi connectivity index (χ2n) is 5.33. The summed E-state index contributed by atoms with van der Waals surface area (Å²) in [4.78, 5) is 0. The van der Waals surface area contributed by atoms with E-state index in [2.05, 4.69) is 0 Å². The largest absolute Gasteiger partial charge is 0.493 e. The summed E-state index contributed by atoms with van der Waals surface area (Å²) in [5.41, 5.74) is 5.59. The van der Waals surface area contributed by atoms with Crippen LogP contribution in [0.15, 0.2) is 6.07 Å². The minimum absolute atomic E-state index is 0.208. The van der Waals surface area contributed by atoms with Crippen molar-refractivity contribution in [3.63, 3.8) is 0 Å². The van der Waals surface area contributed by atoms with E-state index < -0.39 is 17.0 Å². The normalized spacial score (nSPS) is 17.9. The molecule has 5 heteroatoms. The van der Waals surface area contributed by atoms with Gasteiger partial charge in [-0.3, -0.25) is 0 Å².